The van der Waals surface area contributed by atoms with Gasteiger partial charge in [0, 0.05) is 6.54 Å². The first-order chi connectivity index (χ1) is 9.68. The molecule has 0 bridgehead atoms. The van der Waals surface area contributed by atoms with Crippen molar-refractivity contribution in [2.45, 2.75) is 18.7 Å². The van der Waals surface area contributed by atoms with Gasteiger partial charge in [0.25, 0.3) is 5.91 Å². The summed E-state index contributed by atoms with van der Waals surface area (Å²) in [6.45, 7) is 0.373. The van der Waals surface area contributed by atoms with E-state index in [0.717, 1.165) is 11.1 Å². The minimum absolute atomic E-state index is 0.373. The summed E-state index contributed by atoms with van der Waals surface area (Å²) in [7, 11) is 0. The number of aliphatic hydroxyl groups excluding tert-OH is 1. The van der Waals surface area contributed by atoms with E-state index in [9.17, 15) is 9.90 Å². The zero-order chi connectivity index (χ0) is 14.4. The van der Waals surface area contributed by atoms with Crippen LogP contribution >= 0.6 is 0 Å². The Kier molecular flexibility index (Phi) is 4.87. The van der Waals surface area contributed by atoms with Gasteiger partial charge in [0.15, 0.2) is 6.10 Å². The Labute approximate surface area is 118 Å². The van der Waals surface area contributed by atoms with E-state index < -0.39 is 18.1 Å². The number of nitrogens with two attached hydrogens (primary N) is 1. The lowest BCUT2D eigenvalue weighted by atomic mass is 10.0. The van der Waals surface area contributed by atoms with Crippen LogP contribution in [-0.2, 0) is 11.3 Å². The molecule has 4 nitrogen and oxygen atoms in total. The van der Waals surface area contributed by atoms with Gasteiger partial charge >= 0.3 is 0 Å². The smallest absolute Gasteiger partial charge is 0.251 e. The zero-order valence-electron chi connectivity index (χ0n) is 11.1. The van der Waals surface area contributed by atoms with Crippen LogP contribution in [0.15, 0.2) is 60.7 Å². The lowest BCUT2D eigenvalue weighted by Gasteiger charge is -2.18. The molecule has 0 saturated carbocycles. The normalized spacial score (nSPS) is 13.5. The molecular formula is C16H18N2O2. The van der Waals surface area contributed by atoms with E-state index in [1.165, 1.54) is 0 Å². The average molecular weight is 270 g/mol. The fourth-order valence-corrected chi connectivity index (χ4v) is 1.91. The largest absolute Gasteiger partial charge is 0.381 e. The standard InChI is InChI=1S/C16H18N2O2/c17-14(13-9-5-2-6-10-13)15(19)16(20)18-11-12-7-3-1-4-8-12/h1-10,14-15,19H,11,17H2,(H,18,20)/t14-,15?/m0/s1. The fraction of sp³-hybridized carbons (Fsp3) is 0.188. The van der Waals surface area contributed by atoms with E-state index >= 15 is 0 Å². The summed E-state index contributed by atoms with van der Waals surface area (Å²) in [6, 6.07) is 17.9. The molecule has 20 heavy (non-hydrogen) atoms. The van der Waals surface area contributed by atoms with Gasteiger partial charge in [-0.15, -0.1) is 0 Å². The van der Waals surface area contributed by atoms with Crippen LogP contribution in [-0.4, -0.2) is 17.1 Å². The van der Waals surface area contributed by atoms with Crippen LogP contribution in [0.4, 0.5) is 0 Å². The quantitative estimate of drug-likeness (QED) is 0.768. The Balaban J connectivity index is 1.92. The van der Waals surface area contributed by atoms with E-state index in [2.05, 4.69) is 5.32 Å². The first-order valence-corrected chi connectivity index (χ1v) is 6.48. The monoisotopic (exact) mass is 270 g/mol. The predicted molar refractivity (Wildman–Crippen MR) is 77.7 cm³/mol. The summed E-state index contributed by atoms with van der Waals surface area (Å²) < 4.78 is 0. The van der Waals surface area contributed by atoms with Crippen molar-refractivity contribution in [3.63, 3.8) is 0 Å². The Morgan fingerprint density at radius 3 is 2.20 bits per heavy atom. The molecule has 2 atom stereocenters. The number of aliphatic hydroxyl groups is 1. The second-order valence-corrected chi connectivity index (χ2v) is 4.58. The molecule has 2 aromatic carbocycles. The average Bonchev–Trinajstić information content (AvgIpc) is 2.53. The third-order valence-corrected chi connectivity index (χ3v) is 3.10. The highest BCUT2D eigenvalue weighted by Gasteiger charge is 2.23. The molecule has 0 radical (unpaired) electrons. The molecule has 0 aliphatic heterocycles. The van der Waals surface area contributed by atoms with Crippen LogP contribution in [0.1, 0.15) is 17.2 Å². The third-order valence-electron chi connectivity index (χ3n) is 3.10. The summed E-state index contributed by atoms with van der Waals surface area (Å²) in [6.07, 6.45) is -1.26. The second kappa shape index (κ2) is 6.84. The number of benzene rings is 2. The van der Waals surface area contributed by atoms with Crippen molar-refractivity contribution in [1.29, 1.82) is 0 Å². The number of hydrogen-bond acceptors (Lipinski definition) is 3. The molecule has 0 fully saturated rings. The Morgan fingerprint density at radius 1 is 1.05 bits per heavy atom. The topological polar surface area (TPSA) is 75.3 Å². The van der Waals surface area contributed by atoms with Gasteiger partial charge < -0.3 is 16.2 Å². The SMILES string of the molecule is N[C@@H](c1ccccc1)C(O)C(=O)NCc1ccccc1. The summed E-state index contributed by atoms with van der Waals surface area (Å²) in [5.74, 6) is -0.467. The Morgan fingerprint density at radius 2 is 1.60 bits per heavy atom. The van der Waals surface area contributed by atoms with Crippen LogP contribution in [0.25, 0.3) is 0 Å². The van der Waals surface area contributed by atoms with Crippen molar-refractivity contribution >= 4 is 5.91 Å². The zero-order valence-corrected chi connectivity index (χ0v) is 11.1. The highest BCUT2D eigenvalue weighted by atomic mass is 16.3. The number of rotatable bonds is 5. The van der Waals surface area contributed by atoms with Crippen LogP contribution < -0.4 is 11.1 Å². The van der Waals surface area contributed by atoms with Gasteiger partial charge in [0.1, 0.15) is 0 Å². The lowest BCUT2D eigenvalue weighted by molar-refractivity contribution is -0.130. The van der Waals surface area contributed by atoms with Crippen LogP contribution in [0.5, 0.6) is 0 Å². The van der Waals surface area contributed by atoms with Gasteiger partial charge in [-0.1, -0.05) is 60.7 Å². The molecule has 0 aliphatic carbocycles. The van der Waals surface area contributed by atoms with E-state index in [1.54, 1.807) is 12.1 Å². The maximum Gasteiger partial charge on any atom is 0.251 e. The molecule has 0 spiro atoms. The number of amides is 1. The van der Waals surface area contributed by atoms with Crippen molar-refractivity contribution in [2.75, 3.05) is 0 Å². The third kappa shape index (κ3) is 3.66. The summed E-state index contributed by atoms with van der Waals surface area (Å²) in [5, 5.41) is 12.7. The van der Waals surface area contributed by atoms with Gasteiger partial charge in [-0.2, -0.15) is 0 Å². The lowest BCUT2D eigenvalue weighted by Crippen LogP contribution is -2.41. The molecule has 1 amide bonds. The van der Waals surface area contributed by atoms with Gasteiger partial charge in [-0.05, 0) is 11.1 Å². The molecule has 4 heteroatoms. The molecule has 4 N–H and O–H groups in total. The van der Waals surface area contributed by atoms with Crippen LogP contribution in [0, 0.1) is 0 Å². The van der Waals surface area contributed by atoms with Crippen molar-refractivity contribution in [2.24, 2.45) is 5.73 Å². The first-order valence-electron chi connectivity index (χ1n) is 6.48. The Bertz CT molecular complexity index is 543. The Hall–Kier alpha value is -2.17. The predicted octanol–water partition coefficient (Wildman–Crippen LogP) is 1.36. The van der Waals surface area contributed by atoms with Gasteiger partial charge in [0.05, 0.1) is 6.04 Å². The number of carbonyl (C=O) groups excluding carboxylic acids is 1. The van der Waals surface area contributed by atoms with Gasteiger partial charge in [-0.25, -0.2) is 0 Å². The van der Waals surface area contributed by atoms with E-state index in [4.69, 9.17) is 5.73 Å². The highest BCUT2D eigenvalue weighted by molar-refractivity contribution is 5.81. The molecule has 0 heterocycles. The maximum atomic E-state index is 11.9. The molecule has 2 rings (SSSR count). The maximum absolute atomic E-state index is 11.9. The highest BCUT2D eigenvalue weighted by Crippen LogP contribution is 2.13. The second-order valence-electron chi connectivity index (χ2n) is 4.58. The minimum atomic E-state index is -1.26. The van der Waals surface area contributed by atoms with E-state index in [-0.39, 0.29) is 0 Å². The van der Waals surface area contributed by atoms with E-state index in [1.807, 2.05) is 48.5 Å². The fourth-order valence-electron chi connectivity index (χ4n) is 1.91. The van der Waals surface area contributed by atoms with Crippen molar-refractivity contribution < 1.29 is 9.90 Å². The first kappa shape index (κ1) is 14.2. The van der Waals surface area contributed by atoms with Gasteiger partial charge in [0.2, 0.25) is 0 Å². The molecule has 0 aliphatic rings. The summed E-state index contributed by atoms with van der Waals surface area (Å²) in [5.41, 5.74) is 7.60. The van der Waals surface area contributed by atoms with Crippen LogP contribution in [0.2, 0.25) is 0 Å². The van der Waals surface area contributed by atoms with Gasteiger partial charge in [-0.3, -0.25) is 4.79 Å². The molecular weight excluding hydrogens is 252 g/mol. The molecule has 1 unspecified atom stereocenters. The van der Waals surface area contributed by atoms with Crippen molar-refractivity contribution in [3.05, 3.63) is 71.8 Å². The van der Waals surface area contributed by atoms with E-state index in [0.29, 0.717) is 6.54 Å². The number of hydrogen-bond donors (Lipinski definition) is 3. The van der Waals surface area contributed by atoms with Crippen molar-refractivity contribution in [1.82, 2.24) is 5.32 Å². The molecule has 104 valence electrons. The summed E-state index contributed by atoms with van der Waals surface area (Å²) >= 11 is 0. The number of nitrogens with one attached hydrogen (secondary N) is 1. The summed E-state index contributed by atoms with van der Waals surface area (Å²) in [4.78, 5) is 11.9. The van der Waals surface area contributed by atoms with Crippen molar-refractivity contribution in [3.8, 4) is 0 Å². The molecule has 0 aromatic heterocycles. The molecule has 0 saturated heterocycles. The molecule has 2 aromatic rings. The number of carbonyl (C=O) groups is 1. The minimum Gasteiger partial charge on any atom is -0.381 e. The van der Waals surface area contributed by atoms with Crippen LogP contribution in [0.3, 0.4) is 0 Å².